The zero-order valence-electron chi connectivity index (χ0n) is 7.47. The molecule has 68 valence electrons. The minimum absolute atomic E-state index is 0.442. The predicted octanol–water partition coefficient (Wildman–Crippen LogP) is 1.32. The first kappa shape index (κ1) is 7.91. The van der Waals surface area contributed by atoms with Gasteiger partial charge in [0.05, 0.1) is 5.52 Å². The summed E-state index contributed by atoms with van der Waals surface area (Å²) in [6.07, 6.45) is 0. The van der Waals surface area contributed by atoms with E-state index in [4.69, 9.17) is 10.2 Å². The third-order valence-corrected chi connectivity index (χ3v) is 2.31. The Morgan fingerprint density at radius 3 is 2.77 bits per heavy atom. The highest BCUT2D eigenvalue weighted by Crippen LogP contribution is 2.23. The molecule has 0 unspecified atom stereocenters. The highest BCUT2D eigenvalue weighted by Gasteiger charge is 2.08. The van der Waals surface area contributed by atoms with E-state index in [0.717, 1.165) is 11.1 Å². The van der Waals surface area contributed by atoms with Crippen LogP contribution in [0.5, 0.6) is 0 Å². The van der Waals surface area contributed by atoms with Gasteiger partial charge in [0.2, 0.25) is 0 Å². The summed E-state index contributed by atoms with van der Waals surface area (Å²) in [5, 5.41) is 0. The van der Waals surface area contributed by atoms with Gasteiger partial charge in [-0.25, -0.2) is 4.79 Å². The van der Waals surface area contributed by atoms with Gasteiger partial charge in [-0.15, -0.1) is 0 Å². The van der Waals surface area contributed by atoms with Crippen molar-refractivity contribution in [1.82, 2.24) is 4.98 Å². The zero-order valence-corrected chi connectivity index (χ0v) is 7.47. The van der Waals surface area contributed by atoms with E-state index in [9.17, 15) is 4.79 Å². The average molecular weight is 178 g/mol. The van der Waals surface area contributed by atoms with Crippen molar-refractivity contribution < 1.29 is 4.42 Å². The number of aromatic nitrogens is 1. The molecule has 2 aromatic rings. The standard InChI is InChI=1S/C9H10N2O2/c1-4-5(2)8-7(3-6(4)10)11-9(12)13-8/h3H,10H2,1-2H3,(H,11,12). The van der Waals surface area contributed by atoms with Gasteiger partial charge in [0.1, 0.15) is 0 Å². The maximum atomic E-state index is 10.9. The third-order valence-electron chi connectivity index (χ3n) is 2.31. The molecule has 0 bridgehead atoms. The molecule has 0 aliphatic rings. The van der Waals surface area contributed by atoms with E-state index >= 15 is 0 Å². The van der Waals surface area contributed by atoms with Crippen molar-refractivity contribution in [3.05, 3.63) is 27.7 Å². The molecule has 0 saturated carbocycles. The third kappa shape index (κ3) is 1.02. The lowest BCUT2D eigenvalue weighted by Crippen LogP contribution is -1.93. The number of nitrogens with one attached hydrogen (secondary N) is 1. The lowest BCUT2D eigenvalue weighted by molar-refractivity contribution is 0.553. The van der Waals surface area contributed by atoms with Crippen LogP contribution < -0.4 is 11.5 Å². The fraction of sp³-hybridized carbons (Fsp3) is 0.222. The molecule has 0 radical (unpaired) electrons. The Morgan fingerprint density at radius 2 is 2.08 bits per heavy atom. The van der Waals surface area contributed by atoms with Crippen molar-refractivity contribution >= 4 is 16.8 Å². The lowest BCUT2D eigenvalue weighted by atomic mass is 10.1. The molecule has 2 rings (SSSR count). The number of hydrogen-bond donors (Lipinski definition) is 2. The Balaban J connectivity index is 3.00. The van der Waals surface area contributed by atoms with Crippen LogP contribution in [-0.4, -0.2) is 4.98 Å². The van der Waals surface area contributed by atoms with Gasteiger partial charge in [-0.2, -0.15) is 0 Å². The summed E-state index contributed by atoms with van der Waals surface area (Å²) in [4.78, 5) is 13.5. The van der Waals surface area contributed by atoms with E-state index in [1.165, 1.54) is 0 Å². The van der Waals surface area contributed by atoms with Crippen molar-refractivity contribution in [2.45, 2.75) is 13.8 Å². The van der Waals surface area contributed by atoms with Crippen LogP contribution >= 0.6 is 0 Å². The van der Waals surface area contributed by atoms with Gasteiger partial charge in [0, 0.05) is 5.69 Å². The van der Waals surface area contributed by atoms with Crippen LogP contribution in [0.15, 0.2) is 15.3 Å². The first-order valence-electron chi connectivity index (χ1n) is 3.98. The maximum Gasteiger partial charge on any atom is 0.417 e. The summed E-state index contributed by atoms with van der Waals surface area (Å²) >= 11 is 0. The number of nitrogens with two attached hydrogens (primary N) is 1. The molecule has 0 amide bonds. The fourth-order valence-electron chi connectivity index (χ4n) is 1.37. The van der Waals surface area contributed by atoms with E-state index < -0.39 is 5.76 Å². The summed E-state index contributed by atoms with van der Waals surface area (Å²) in [6.45, 7) is 3.78. The number of H-pyrrole nitrogens is 1. The van der Waals surface area contributed by atoms with Crippen molar-refractivity contribution in [1.29, 1.82) is 0 Å². The smallest absolute Gasteiger partial charge is 0.408 e. The molecule has 1 heterocycles. The molecule has 4 nitrogen and oxygen atoms in total. The Kier molecular flexibility index (Phi) is 1.45. The SMILES string of the molecule is Cc1c(N)cc2[nH]c(=O)oc2c1C. The van der Waals surface area contributed by atoms with Crippen LogP contribution in [0.2, 0.25) is 0 Å². The van der Waals surface area contributed by atoms with Crippen LogP contribution in [0.1, 0.15) is 11.1 Å². The van der Waals surface area contributed by atoms with Gasteiger partial charge < -0.3 is 10.2 Å². The Hall–Kier alpha value is -1.71. The monoisotopic (exact) mass is 178 g/mol. The summed E-state index contributed by atoms with van der Waals surface area (Å²) in [7, 11) is 0. The average Bonchev–Trinajstić information content (AvgIpc) is 2.42. The fourth-order valence-corrected chi connectivity index (χ4v) is 1.37. The van der Waals surface area contributed by atoms with Crippen LogP contribution in [0, 0.1) is 13.8 Å². The van der Waals surface area contributed by atoms with Crippen LogP contribution in [0.3, 0.4) is 0 Å². The van der Waals surface area contributed by atoms with Crippen molar-refractivity contribution in [3.8, 4) is 0 Å². The zero-order chi connectivity index (χ0) is 9.59. The highest BCUT2D eigenvalue weighted by atomic mass is 16.4. The molecule has 0 spiro atoms. The van der Waals surface area contributed by atoms with Gasteiger partial charge >= 0.3 is 5.76 Å². The predicted molar refractivity (Wildman–Crippen MR) is 50.7 cm³/mol. The number of oxazole rings is 1. The summed E-state index contributed by atoms with van der Waals surface area (Å²) < 4.78 is 4.97. The number of benzene rings is 1. The number of aromatic amines is 1. The molecular weight excluding hydrogens is 168 g/mol. The molecule has 0 atom stereocenters. The number of fused-ring (bicyclic) bond motifs is 1. The normalized spacial score (nSPS) is 10.9. The first-order valence-corrected chi connectivity index (χ1v) is 3.98. The molecular formula is C9H10N2O2. The van der Waals surface area contributed by atoms with Gasteiger partial charge in [-0.3, -0.25) is 4.98 Å². The minimum atomic E-state index is -0.442. The van der Waals surface area contributed by atoms with Crippen molar-refractivity contribution in [2.75, 3.05) is 5.73 Å². The minimum Gasteiger partial charge on any atom is -0.408 e. The van der Waals surface area contributed by atoms with E-state index in [1.54, 1.807) is 6.07 Å². The molecule has 1 aromatic heterocycles. The summed E-state index contributed by atoms with van der Waals surface area (Å²) in [5.41, 5.74) is 9.52. The Morgan fingerprint density at radius 1 is 1.38 bits per heavy atom. The van der Waals surface area contributed by atoms with Gasteiger partial charge in [0.25, 0.3) is 0 Å². The van der Waals surface area contributed by atoms with E-state index in [-0.39, 0.29) is 0 Å². The largest absolute Gasteiger partial charge is 0.417 e. The van der Waals surface area contributed by atoms with Crippen LogP contribution in [0.25, 0.3) is 11.1 Å². The molecule has 1 aromatic carbocycles. The lowest BCUT2D eigenvalue weighted by Gasteiger charge is -2.02. The second kappa shape index (κ2) is 2.39. The molecule has 0 saturated heterocycles. The van der Waals surface area contributed by atoms with Crippen molar-refractivity contribution in [2.24, 2.45) is 0 Å². The molecule has 13 heavy (non-hydrogen) atoms. The summed E-state index contributed by atoms with van der Waals surface area (Å²) in [6, 6.07) is 1.71. The second-order valence-electron chi connectivity index (χ2n) is 3.11. The van der Waals surface area contributed by atoms with Gasteiger partial charge in [0.15, 0.2) is 5.58 Å². The van der Waals surface area contributed by atoms with E-state index in [1.807, 2.05) is 13.8 Å². The van der Waals surface area contributed by atoms with Gasteiger partial charge in [-0.05, 0) is 31.0 Å². The molecule has 3 N–H and O–H groups in total. The van der Waals surface area contributed by atoms with Gasteiger partial charge in [-0.1, -0.05) is 0 Å². The quantitative estimate of drug-likeness (QED) is 0.597. The number of aryl methyl sites for hydroxylation is 1. The highest BCUT2D eigenvalue weighted by molar-refractivity contribution is 5.82. The molecule has 0 aliphatic heterocycles. The Bertz CT molecular complexity index is 522. The van der Waals surface area contributed by atoms with Crippen LogP contribution in [0.4, 0.5) is 5.69 Å². The second-order valence-corrected chi connectivity index (χ2v) is 3.11. The topological polar surface area (TPSA) is 72.0 Å². The Labute approximate surface area is 74.4 Å². The van der Waals surface area contributed by atoms with E-state index in [2.05, 4.69) is 4.98 Å². The maximum absolute atomic E-state index is 10.9. The molecule has 0 fully saturated rings. The first-order chi connectivity index (χ1) is 6.09. The number of rotatable bonds is 0. The molecule has 4 heteroatoms. The summed E-state index contributed by atoms with van der Waals surface area (Å²) in [5.74, 6) is -0.442. The number of anilines is 1. The van der Waals surface area contributed by atoms with E-state index in [0.29, 0.717) is 16.8 Å². The van der Waals surface area contributed by atoms with Crippen molar-refractivity contribution in [3.63, 3.8) is 0 Å². The number of hydrogen-bond acceptors (Lipinski definition) is 3. The molecule has 0 aliphatic carbocycles. The van der Waals surface area contributed by atoms with Crippen LogP contribution in [-0.2, 0) is 0 Å². The number of nitrogen functional groups attached to an aromatic ring is 1.